The number of aromatic nitrogens is 3. The van der Waals surface area contributed by atoms with Crippen LogP contribution in [0.4, 0.5) is 0 Å². The van der Waals surface area contributed by atoms with Gasteiger partial charge in [-0.05, 0) is 30.5 Å². The molecule has 4 aromatic rings. The van der Waals surface area contributed by atoms with Crippen molar-refractivity contribution in [2.24, 2.45) is 5.10 Å². The van der Waals surface area contributed by atoms with E-state index < -0.39 is 0 Å². The van der Waals surface area contributed by atoms with Crippen LogP contribution in [-0.2, 0) is 12.8 Å². The van der Waals surface area contributed by atoms with Crippen molar-refractivity contribution in [2.75, 3.05) is 0 Å². The molecule has 0 saturated carbocycles. The molecule has 4 heteroatoms. The zero-order valence-electron chi connectivity index (χ0n) is 13.6. The highest BCUT2D eigenvalue weighted by molar-refractivity contribution is 5.85. The van der Waals surface area contributed by atoms with E-state index in [9.17, 15) is 0 Å². The van der Waals surface area contributed by atoms with Gasteiger partial charge in [-0.15, -0.1) is 0 Å². The van der Waals surface area contributed by atoms with Gasteiger partial charge >= 0.3 is 0 Å². The van der Waals surface area contributed by atoms with Crippen molar-refractivity contribution < 1.29 is 0 Å². The van der Waals surface area contributed by atoms with Gasteiger partial charge in [-0.3, -0.25) is 4.98 Å². The van der Waals surface area contributed by atoms with Gasteiger partial charge in [-0.25, -0.2) is 0 Å². The predicted octanol–water partition coefficient (Wildman–Crippen LogP) is 4.08. The van der Waals surface area contributed by atoms with Crippen molar-refractivity contribution in [1.82, 2.24) is 14.9 Å². The smallest absolute Gasteiger partial charge is 0.0995 e. The highest BCUT2D eigenvalue weighted by Crippen LogP contribution is 2.33. The molecular formula is C21H16N4. The number of pyridine rings is 1. The molecular weight excluding hydrogens is 308 g/mol. The van der Waals surface area contributed by atoms with E-state index in [0.29, 0.717) is 0 Å². The third-order valence-electron chi connectivity index (χ3n) is 4.59. The minimum absolute atomic E-state index is 0.946. The summed E-state index contributed by atoms with van der Waals surface area (Å²) in [6, 6.07) is 20.5. The number of aryl methyl sites for hydroxylation is 2. The van der Waals surface area contributed by atoms with Crippen molar-refractivity contribution in [1.29, 1.82) is 0 Å². The van der Waals surface area contributed by atoms with Crippen molar-refractivity contribution >= 4 is 17.1 Å². The molecule has 4 nitrogen and oxygen atoms in total. The van der Waals surface area contributed by atoms with Crippen LogP contribution >= 0.6 is 0 Å². The number of nitrogens with zero attached hydrogens (tertiary/aromatic N) is 4. The maximum atomic E-state index is 4.83. The number of fused-ring (bicyclic) bond motifs is 4. The van der Waals surface area contributed by atoms with Crippen LogP contribution in [0.1, 0.15) is 16.8 Å². The summed E-state index contributed by atoms with van der Waals surface area (Å²) >= 11 is 0. The van der Waals surface area contributed by atoms with E-state index in [-0.39, 0.29) is 0 Å². The van der Waals surface area contributed by atoms with Gasteiger partial charge in [0.15, 0.2) is 0 Å². The second kappa shape index (κ2) is 5.67. The molecule has 0 bridgehead atoms. The van der Waals surface area contributed by atoms with Gasteiger partial charge in [0.05, 0.1) is 29.3 Å². The molecule has 0 spiro atoms. The summed E-state index contributed by atoms with van der Waals surface area (Å²) in [5.74, 6) is 0. The van der Waals surface area contributed by atoms with Crippen LogP contribution in [0.5, 0.6) is 0 Å². The Labute approximate surface area is 145 Å². The summed E-state index contributed by atoms with van der Waals surface area (Å²) in [6.45, 7) is 0. The molecule has 2 heterocycles. The molecule has 0 amide bonds. The third-order valence-corrected chi connectivity index (χ3v) is 4.59. The SMILES string of the molecule is C(=N\n1cc2c(n1)-c1cc3ccccc3nc1CC2)/c1ccccc1. The quantitative estimate of drug-likeness (QED) is 0.521. The fourth-order valence-corrected chi connectivity index (χ4v) is 3.33. The summed E-state index contributed by atoms with van der Waals surface area (Å²) in [6.07, 6.45) is 5.75. The van der Waals surface area contributed by atoms with Gasteiger partial charge in [-0.1, -0.05) is 48.5 Å². The molecule has 25 heavy (non-hydrogen) atoms. The predicted molar refractivity (Wildman–Crippen MR) is 99.8 cm³/mol. The van der Waals surface area contributed by atoms with Gasteiger partial charge in [0.1, 0.15) is 0 Å². The van der Waals surface area contributed by atoms with E-state index in [1.165, 1.54) is 5.56 Å². The lowest BCUT2D eigenvalue weighted by Gasteiger charge is -2.14. The molecule has 0 fully saturated rings. The topological polar surface area (TPSA) is 43.1 Å². The molecule has 0 aliphatic heterocycles. The first-order valence-corrected chi connectivity index (χ1v) is 8.44. The number of benzene rings is 2. The molecule has 0 radical (unpaired) electrons. The van der Waals surface area contributed by atoms with Crippen molar-refractivity contribution in [2.45, 2.75) is 12.8 Å². The van der Waals surface area contributed by atoms with E-state index in [0.717, 1.165) is 46.3 Å². The lowest BCUT2D eigenvalue weighted by molar-refractivity contribution is 0.747. The zero-order valence-corrected chi connectivity index (χ0v) is 13.6. The van der Waals surface area contributed by atoms with E-state index in [2.05, 4.69) is 23.3 Å². The Bertz CT molecular complexity index is 1090. The number of rotatable bonds is 2. The Morgan fingerprint density at radius 1 is 0.960 bits per heavy atom. The maximum Gasteiger partial charge on any atom is 0.0995 e. The highest BCUT2D eigenvalue weighted by atomic mass is 15.5. The van der Waals surface area contributed by atoms with Gasteiger partial charge < -0.3 is 0 Å². The number of hydrogen-bond donors (Lipinski definition) is 0. The Balaban J connectivity index is 1.57. The van der Waals surface area contributed by atoms with E-state index >= 15 is 0 Å². The fraction of sp³-hybridized carbons (Fsp3) is 0.0952. The first-order chi connectivity index (χ1) is 12.4. The van der Waals surface area contributed by atoms with Crippen LogP contribution in [0.15, 0.2) is 72.0 Å². The largest absolute Gasteiger partial charge is 0.252 e. The molecule has 2 aromatic heterocycles. The average molecular weight is 324 g/mol. The number of hydrogen-bond acceptors (Lipinski definition) is 3. The maximum absolute atomic E-state index is 4.83. The minimum atomic E-state index is 0.946. The Morgan fingerprint density at radius 3 is 2.72 bits per heavy atom. The molecule has 0 saturated heterocycles. The van der Waals surface area contributed by atoms with Crippen LogP contribution in [-0.4, -0.2) is 21.1 Å². The number of para-hydroxylation sites is 1. The fourth-order valence-electron chi connectivity index (χ4n) is 3.33. The van der Waals surface area contributed by atoms with E-state index in [1.54, 1.807) is 4.79 Å². The van der Waals surface area contributed by atoms with Gasteiger partial charge in [0, 0.05) is 16.5 Å². The molecule has 5 rings (SSSR count). The lowest BCUT2D eigenvalue weighted by Crippen LogP contribution is -2.05. The molecule has 1 aliphatic carbocycles. The third kappa shape index (κ3) is 2.52. The average Bonchev–Trinajstić information content (AvgIpc) is 3.09. The highest BCUT2D eigenvalue weighted by Gasteiger charge is 2.21. The summed E-state index contributed by atoms with van der Waals surface area (Å²) < 4.78 is 0. The second-order valence-electron chi connectivity index (χ2n) is 6.25. The minimum Gasteiger partial charge on any atom is -0.252 e. The van der Waals surface area contributed by atoms with Crippen molar-refractivity contribution in [3.05, 3.63) is 83.7 Å². The van der Waals surface area contributed by atoms with E-state index in [4.69, 9.17) is 10.1 Å². The summed E-state index contributed by atoms with van der Waals surface area (Å²) in [7, 11) is 0. The lowest BCUT2D eigenvalue weighted by atomic mass is 9.93. The van der Waals surface area contributed by atoms with Crippen LogP contribution in [0.25, 0.3) is 22.2 Å². The Morgan fingerprint density at radius 2 is 1.80 bits per heavy atom. The molecule has 120 valence electrons. The van der Waals surface area contributed by atoms with Crippen molar-refractivity contribution in [3.8, 4) is 11.3 Å². The van der Waals surface area contributed by atoms with Gasteiger partial charge in [0.2, 0.25) is 0 Å². The first kappa shape index (κ1) is 14.1. The summed E-state index contributed by atoms with van der Waals surface area (Å²) in [4.78, 5) is 6.50. The van der Waals surface area contributed by atoms with Crippen LogP contribution in [0.2, 0.25) is 0 Å². The Hall–Kier alpha value is -3.27. The summed E-state index contributed by atoms with van der Waals surface area (Å²) in [5.41, 5.74) is 6.60. The molecule has 1 aliphatic rings. The standard InChI is InChI=1S/C21H16N4/c1-2-6-15(7-3-1)13-22-25-14-17-10-11-20-18(21(17)24-25)12-16-8-4-5-9-19(16)23-20/h1-9,12-14H,10-11H2/b22-13+. The Kier molecular flexibility index (Phi) is 3.20. The molecule has 0 N–H and O–H groups in total. The summed E-state index contributed by atoms with van der Waals surface area (Å²) in [5, 5.41) is 10.3. The monoisotopic (exact) mass is 324 g/mol. The van der Waals surface area contributed by atoms with Crippen LogP contribution in [0, 0.1) is 0 Å². The zero-order chi connectivity index (χ0) is 16.6. The van der Waals surface area contributed by atoms with Gasteiger partial charge in [0.25, 0.3) is 0 Å². The van der Waals surface area contributed by atoms with Crippen molar-refractivity contribution in [3.63, 3.8) is 0 Å². The normalized spacial score (nSPS) is 13.1. The first-order valence-electron chi connectivity index (χ1n) is 8.44. The molecule has 0 atom stereocenters. The van der Waals surface area contributed by atoms with E-state index in [1.807, 2.05) is 54.9 Å². The molecule has 2 aromatic carbocycles. The second-order valence-corrected chi connectivity index (χ2v) is 6.25. The van der Waals surface area contributed by atoms with Crippen LogP contribution < -0.4 is 0 Å². The van der Waals surface area contributed by atoms with Crippen LogP contribution in [0.3, 0.4) is 0 Å². The molecule has 0 unspecified atom stereocenters. The van der Waals surface area contributed by atoms with Gasteiger partial charge in [-0.2, -0.15) is 15.0 Å².